The van der Waals surface area contributed by atoms with Gasteiger partial charge in [-0.2, -0.15) is 5.26 Å². The first-order chi connectivity index (χ1) is 6.72. The van der Waals surface area contributed by atoms with Crippen LogP contribution in [0.3, 0.4) is 0 Å². The molecule has 0 bridgehead atoms. The highest BCUT2D eigenvalue weighted by Gasteiger charge is 2.10. The minimum absolute atomic E-state index is 0.580. The summed E-state index contributed by atoms with van der Waals surface area (Å²) < 4.78 is 1.21. The molecule has 0 aromatic carbocycles. The number of nitrogens with two attached hydrogens (primary N) is 1. The van der Waals surface area contributed by atoms with E-state index in [0.29, 0.717) is 10.6 Å². The average Bonchev–Trinajstić information content (AvgIpc) is 2.71. The molecule has 0 radical (unpaired) electrons. The van der Waals surface area contributed by atoms with E-state index in [0.717, 1.165) is 4.88 Å². The predicted molar refractivity (Wildman–Crippen MR) is 69.5 cm³/mol. The fourth-order valence-electron chi connectivity index (χ4n) is 1.07. The zero-order chi connectivity index (χ0) is 10.1. The summed E-state index contributed by atoms with van der Waals surface area (Å²) in [5.41, 5.74) is 6.28. The first-order valence-corrected chi connectivity index (χ1v) is 6.52. The Bertz CT molecular complexity index is 507. The minimum atomic E-state index is 0.580. The maximum atomic E-state index is 8.78. The number of halogens is 1. The van der Waals surface area contributed by atoms with E-state index in [-0.39, 0.29) is 0 Å². The Kier molecular flexibility index (Phi) is 2.76. The summed E-state index contributed by atoms with van der Waals surface area (Å²) >= 11 is 5.41. The molecule has 0 aliphatic carbocycles. The molecule has 2 aromatic rings. The first-order valence-electron chi connectivity index (χ1n) is 3.75. The second-order valence-corrected chi connectivity index (χ2v) is 5.74. The molecule has 0 spiro atoms. The number of thiophene rings is 2. The molecule has 0 fully saturated rings. The largest absolute Gasteiger partial charge is 0.397 e. The van der Waals surface area contributed by atoms with Crippen molar-refractivity contribution in [2.45, 2.75) is 0 Å². The normalized spacial score (nSPS) is 10.0. The van der Waals surface area contributed by atoms with Crippen LogP contribution in [0.5, 0.6) is 0 Å². The second kappa shape index (κ2) is 3.88. The van der Waals surface area contributed by atoms with E-state index in [1.165, 1.54) is 19.8 Å². The van der Waals surface area contributed by atoms with Crippen LogP contribution in [0.1, 0.15) is 4.88 Å². The molecular weight excluding hydrogens is 327 g/mol. The number of hydrogen-bond donors (Lipinski definition) is 1. The van der Waals surface area contributed by atoms with Gasteiger partial charge in [0.15, 0.2) is 0 Å². The van der Waals surface area contributed by atoms with Crippen molar-refractivity contribution in [2.24, 2.45) is 0 Å². The van der Waals surface area contributed by atoms with Gasteiger partial charge in [0, 0.05) is 8.45 Å². The highest BCUT2D eigenvalue weighted by atomic mass is 127. The van der Waals surface area contributed by atoms with Gasteiger partial charge in [-0.05, 0) is 40.1 Å². The third-order valence-corrected chi connectivity index (χ3v) is 5.12. The third-order valence-electron chi connectivity index (χ3n) is 1.70. The average molecular weight is 332 g/mol. The van der Waals surface area contributed by atoms with E-state index in [9.17, 15) is 0 Å². The van der Waals surface area contributed by atoms with Crippen molar-refractivity contribution in [2.75, 3.05) is 5.73 Å². The molecule has 2 nitrogen and oxygen atoms in total. The van der Waals surface area contributed by atoms with E-state index in [1.54, 1.807) is 11.3 Å². The van der Waals surface area contributed by atoms with Crippen LogP contribution in [0.4, 0.5) is 5.69 Å². The number of rotatable bonds is 1. The molecule has 2 rings (SSSR count). The lowest BCUT2D eigenvalue weighted by Gasteiger charge is -1.90. The van der Waals surface area contributed by atoms with Gasteiger partial charge in [0.05, 0.1) is 10.6 Å². The van der Waals surface area contributed by atoms with Gasteiger partial charge in [-0.3, -0.25) is 0 Å². The quantitative estimate of drug-likeness (QED) is 0.812. The standard InChI is InChI=1S/C9H5IN2S2/c10-5-1-2-13-9(5)7-3-6(12)8(4-11)14-7/h1-3H,12H2. The van der Waals surface area contributed by atoms with Gasteiger partial charge in [0.2, 0.25) is 0 Å². The fraction of sp³-hybridized carbons (Fsp3) is 0. The summed E-state index contributed by atoms with van der Waals surface area (Å²) in [6.07, 6.45) is 0. The van der Waals surface area contributed by atoms with Gasteiger partial charge in [-0.1, -0.05) is 0 Å². The molecule has 0 amide bonds. The molecule has 2 N–H and O–H groups in total. The minimum Gasteiger partial charge on any atom is -0.397 e. The third kappa shape index (κ3) is 1.65. The van der Waals surface area contributed by atoms with Crippen molar-refractivity contribution in [1.82, 2.24) is 0 Å². The number of anilines is 1. The van der Waals surface area contributed by atoms with E-state index in [4.69, 9.17) is 11.0 Å². The Morgan fingerprint density at radius 1 is 1.50 bits per heavy atom. The van der Waals surface area contributed by atoms with E-state index in [2.05, 4.69) is 34.7 Å². The maximum absolute atomic E-state index is 8.78. The van der Waals surface area contributed by atoms with Crippen molar-refractivity contribution in [1.29, 1.82) is 5.26 Å². The summed E-state index contributed by atoms with van der Waals surface area (Å²) in [6, 6.07) is 6.02. The van der Waals surface area contributed by atoms with Crippen molar-refractivity contribution in [3.8, 4) is 15.8 Å². The molecule has 5 heteroatoms. The second-order valence-electron chi connectivity index (χ2n) is 2.60. The zero-order valence-corrected chi connectivity index (χ0v) is 10.7. The topological polar surface area (TPSA) is 49.8 Å². The smallest absolute Gasteiger partial charge is 0.128 e. The Morgan fingerprint density at radius 3 is 2.79 bits per heavy atom. The van der Waals surface area contributed by atoms with Gasteiger partial charge in [-0.25, -0.2) is 0 Å². The van der Waals surface area contributed by atoms with Crippen molar-refractivity contribution in [3.63, 3.8) is 0 Å². The monoisotopic (exact) mass is 332 g/mol. The van der Waals surface area contributed by atoms with Crippen molar-refractivity contribution >= 4 is 51.0 Å². The molecule has 2 aromatic heterocycles. The molecule has 0 saturated carbocycles. The number of nitrogen functional groups attached to an aromatic ring is 1. The lowest BCUT2D eigenvalue weighted by atomic mass is 10.3. The van der Waals surface area contributed by atoms with Crippen LogP contribution < -0.4 is 5.73 Å². The first kappa shape index (κ1) is 9.96. The van der Waals surface area contributed by atoms with Crippen LogP contribution in [0.2, 0.25) is 0 Å². The van der Waals surface area contributed by atoms with Crippen LogP contribution in [-0.4, -0.2) is 0 Å². The molecule has 0 aliphatic heterocycles. The summed E-state index contributed by atoms with van der Waals surface area (Å²) in [7, 11) is 0. The molecule has 0 aliphatic rings. The highest BCUT2D eigenvalue weighted by Crippen LogP contribution is 2.38. The highest BCUT2D eigenvalue weighted by molar-refractivity contribution is 14.1. The SMILES string of the molecule is N#Cc1sc(-c2sccc2I)cc1N. The number of nitriles is 1. The molecule has 14 heavy (non-hydrogen) atoms. The molecule has 0 saturated heterocycles. The van der Waals surface area contributed by atoms with E-state index < -0.39 is 0 Å². The van der Waals surface area contributed by atoms with Crippen LogP contribution in [0.15, 0.2) is 17.5 Å². The van der Waals surface area contributed by atoms with Crippen molar-refractivity contribution < 1.29 is 0 Å². The maximum Gasteiger partial charge on any atom is 0.128 e. The van der Waals surface area contributed by atoms with Gasteiger partial charge < -0.3 is 5.73 Å². The zero-order valence-electron chi connectivity index (χ0n) is 6.95. The Balaban J connectivity index is 2.54. The summed E-state index contributed by atoms with van der Waals surface area (Å²) in [6.45, 7) is 0. The number of nitrogens with zero attached hydrogens (tertiary/aromatic N) is 1. The fourth-order valence-corrected chi connectivity index (χ4v) is 4.15. The van der Waals surface area contributed by atoms with Crippen molar-refractivity contribution in [3.05, 3.63) is 26.0 Å². The van der Waals surface area contributed by atoms with Crippen LogP contribution in [0, 0.1) is 14.9 Å². The molecule has 0 unspecified atom stereocenters. The van der Waals surface area contributed by atoms with Gasteiger partial charge in [0.1, 0.15) is 10.9 Å². The molecule has 2 heterocycles. The van der Waals surface area contributed by atoms with Gasteiger partial charge >= 0.3 is 0 Å². The number of hydrogen-bond acceptors (Lipinski definition) is 4. The van der Waals surface area contributed by atoms with Crippen LogP contribution >= 0.6 is 45.3 Å². The summed E-state index contributed by atoms with van der Waals surface area (Å²) in [5, 5.41) is 10.8. The van der Waals surface area contributed by atoms with Crippen LogP contribution in [-0.2, 0) is 0 Å². The Morgan fingerprint density at radius 2 is 2.29 bits per heavy atom. The van der Waals surface area contributed by atoms with Gasteiger partial charge in [-0.15, -0.1) is 22.7 Å². The van der Waals surface area contributed by atoms with Crippen LogP contribution in [0.25, 0.3) is 9.75 Å². The van der Waals surface area contributed by atoms with E-state index >= 15 is 0 Å². The summed E-state index contributed by atoms with van der Waals surface area (Å²) in [4.78, 5) is 2.88. The summed E-state index contributed by atoms with van der Waals surface area (Å²) in [5.74, 6) is 0. The molecule has 0 atom stereocenters. The molecule has 70 valence electrons. The van der Waals surface area contributed by atoms with Gasteiger partial charge in [0.25, 0.3) is 0 Å². The predicted octanol–water partition coefficient (Wildman–Crippen LogP) is 3.54. The lowest BCUT2D eigenvalue weighted by molar-refractivity contribution is 1.52. The Labute approximate surface area is 103 Å². The molecular formula is C9H5IN2S2. The lowest BCUT2D eigenvalue weighted by Crippen LogP contribution is -1.81. The van der Waals surface area contributed by atoms with E-state index in [1.807, 2.05) is 11.4 Å². The Hall–Kier alpha value is -0.580.